The van der Waals surface area contributed by atoms with Crippen molar-refractivity contribution in [2.45, 2.75) is 31.1 Å². The number of amides is 1. The van der Waals surface area contributed by atoms with Crippen molar-refractivity contribution in [3.63, 3.8) is 0 Å². The summed E-state index contributed by atoms with van der Waals surface area (Å²) in [5.74, 6) is 0.00162. The van der Waals surface area contributed by atoms with Gasteiger partial charge in [-0.2, -0.15) is 0 Å². The maximum Gasteiger partial charge on any atom is 0.250 e. The third kappa shape index (κ3) is 2.68. The number of methoxy groups -OCH3 is 1. The molecule has 0 aromatic rings. The van der Waals surface area contributed by atoms with Gasteiger partial charge in [-0.3, -0.25) is 4.79 Å². The first-order valence-corrected chi connectivity index (χ1v) is 5.45. The molecule has 1 amide bonds. The fourth-order valence-electron chi connectivity index (χ4n) is 1.90. The molecule has 2 fully saturated rings. The van der Waals surface area contributed by atoms with E-state index in [4.69, 9.17) is 9.47 Å². The molecule has 0 spiro atoms. The first-order chi connectivity index (χ1) is 7.29. The summed E-state index contributed by atoms with van der Waals surface area (Å²) in [5.41, 5.74) is 0. The third-order valence-corrected chi connectivity index (χ3v) is 2.99. The predicted octanol–water partition coefficient (Wildman–Crippen LogP) is -0.732. The Morgan fingerprint density at radius 1 is 1.53 bits per heavy atom. The van der Waals surface area contributed by atoms with E-state index in [1.807, 2.05) is 0 Å². The van der Waals surface area contributed by atoms with Gasteiger partial charge in [-0.1, -0.05) is 0 Å². The molecule has 1 atom stereocenters. The molecule has 2 rings (SSSR count). The topological polar surface area (TPSA) is 59.6 Å². The molecule has 0 bridgehead atoms. The number of carbonyl (C=O) groups is 1. The summed E-state index contributed by atoms with van der Waals surface area (Å²) in [5, 5.41) is 6.10. The summed E-state index contributed by atoms with van der Waals surface area (Å²) in [7, 11) is 1.71. The minimum atomic E-state index is -0.319. The van der Waals surface area contributed by atoms with Crippen molar-refractivity contribution in [2.75, 3.05) is 26.8 Å². The molecular formula is C10H18N2O3. The number of hydrogen-bond donors (Lipinski definition) is 2. The van der Waals surface area contributed by atoms with E-state index in [0.717, 1.165) is 19.4 Å². The van der Waals surface area contributed by atoms with Gasteiger partial charge >= 0.3 is 0 Å². The van der Waals surface area contributed by atoms with Crippen molar-refractivity contribution in [1.82, 2.24) is 10.6 Å². The highest BCUT2D eigenvalue weighted by atomic mass is 16.5. The average Bonchev–Trinajstić information content (AvgIpc) is 2.23. The lowest BCUT2D eigenvalue weighted by Crippen LogP contribution is -2.54. The smallest absolute Gasteiger partial charge is 0.250 e. The molecule has 0 aromatic carbocycles. The molecular weight excluding hydrogens is 196 g/mol. The number of rotatable bonds is 3. The fraction of sp³-hybridized carbons (Fsp3) is 0.900. The van der Waals surface area contributed by atoms with Gasteiger partial charge in [0, 0.05) is 26.2 Å². The van der Waals surface area contributed by atoms with Gasteiger partial charge in [0.1, 0.15) is 6.10 Å². The van der Waals surface area contributed by atoms with Crippen molar-refractivity contribution >= 4 is 5.91 Å². The lowest BCUT2D eigenvalue weighted by Gasteiger charge is -2.35. The van der Waals surface area contributed by atoms with Gasteiger partial charge in [-0.05, 0) is 12.8 Å². The SMILES string of the molecule is COC1CC(NC(=O)C2CNCCO2)C1. The highest BCUT2D eigenvalue weighted by molar-refractivity contribution is 5.81. The van der Waals surface area contributed by atoms with Crippen LogP contribution in [0.4, 0.5) is 0 Å². The summed E-state index contributed by atoms with van der Waals surface area (Å²) in [6.45, 7) is 2.06. The molecule has 1 unspecified atom stereocenters. The molecule has 15 heavy (non-hydrogen) atoms. The second-order valence-corrected chi connectivity index (χ2v) is 4.10. The van der Waals surface area contributed by atoms with E-state index in [1.165, 1.54) is 0 Å². The van der Waals surface area contributed by atoms with Crippen LogP contribution < -0.4 is 10.6 Å². The Kier molecular flexibility index (Phi) is 3.56. The Hall–Kier alpha value is -0.650. The molecule has 1 aliphatic heterocycles. The van der Waals surface area contributed by atoms with Gasteiger partial charge in [0.25, 0.3) is 5.91 Å². The van der Waals surface area contributed by atoms with Crippen LogP contribution in [0.3, 0.4) is 0 Å². The van der Waals surface area contributed by atoms with Crippen LogP contribution in [-0.4, -0.2) is 51.0 Å². The molecule has 1 heterocycles. The summed E-state index contributed by atoms with van der Waals surface area (Å²) >= 11 is 0. The van der Waals surface area contributed by atoms with E-state index in [0.29, 0.717) is 19.3 Å². The van der Waals surface area contributed by atoms with E-state index < -0.39 is 0 Å². The zero-order valence-electron chi connectivity index (χ0n) is 8.99. The largest absolute Gasteiger partial charge is 0.381 e. The molecule has 1 aliphatic carbocycles. The van der Waals surface area contributed by atoms with Crippen molar-refractivity contribution in [1.29, 1.82) is 0 Å². The molecule has 86 valence electrons. The molecule has 1 saturated carbocycles. The molecule has 0 aromatic heterocycles. The van der Waals surface area contributed by atoms with Crippen molar-refractivity contribution in [2.24, 2.45) is 0 Å². The molecule has 5 nitrogen and oxygen atoms in total. The van der Waals surface area contributed by atoms with Gasteiger partial charge in [0.15, 0.2) is 0 Å². The molecule has 1 saturated heterocycles. The highest BCUT2D eigenvalue weighted by Crippen LogP contribution is 2.22. The van der Waals surface area contributed by atoms with E-state index in [2.05, 4.69) is 10.6 Å². The normalized spacial score (nSPS) is 35.7. The molecule has 5 heteroatoms. The number of nitrogens with one attached hydrogen (secondary N) is 2. The first-order valence-electron chi connectivity index (χ1n) is 5.45. The van der Waals surface area contributed by atoms with E-state index in [-0.39, 0.29) is 18.1 Å². The first kappa shape index (κ1) is 10.9. The summed E-state index contributed by atoms with van der Waals surface area (Å²) in [6.07, 6.45) is 1.84. The Labute approximate surface area is 89.5 Å². The van der Waals surface area contributed by atoms with Gasteiger partial charge < -0.3 is 20.1 Å². The van der Waals surface area contributed by atoms with Gasteiger partial charge in [0.05, 0.1) is 12.7 Å². The minimum Gasteiger partial charge on any atom is -0.381 e. The average molecular weight is 214 g/mol. The lowest BCUT2D eigenvalue weighted by molar-refractivity contribution is -0.136. The Morgan fingerprint density at radius 2 is 2.33 bits per heavy atom. The number of carbonyl (C=O) groups excluding carboxylic acids is 1. The highest BCUT2D eigenvalue weighted by Gasteiger charge is 2.32. The minimum absolute atomic E-state index is 0.00162. The predicted molar refractivity (Wildman–Crippen MR) is 54.6 cm³/mol. The van der Waals surface area contributed by atoms with Crippen molar-refractivity contribution < 1.29 is 14.3 Å². The number of morpholine rings is 1. The summed E-state index contributed by atoms with van der Waals surface area (Å²) in [4.78, 5) is 11.7. The second kappa shape index (κ2) is 4.92. The van der Waals surface area contributed by atoms with Crippen LogP contribution in [0, 0.1) is 0 Å². The van der Waals surface area contributed by atoms with Crippen LogP contribution in [0.1, 0.15) is 12.8 Å². The maximum absolute atomic E-state index is 11.7. The Bertz CT molecular complexity index is 223. The molecule has 2 aliphatic rings. The van der Waals surface area contributed by atoms with E-state index >= 15 is 0 Å². The molecule has 2 N–H and O–H groups in total. The second-order valence-electron chi connectivity index (χ2n) is 4.10. The van der Waals surface area contributed by atoms with Crippen LogP contribution in [-0.2, 0) is 14.3 Å². The standard InChI is InChI=1S/C10H18N2O3/c1-14-8-4-7(5-8)12-10(13)9-6-11-2-3-15-9/h7-9,11H,2-6H2,1H3,(H,12,13). The molecule has 0 radical (unpaired) electrons. The van der Waals surface area contributed by atoms with Gasteiger partial charge in [0.2, 0.25) is 0 Å². The van der Waals surface area contributed by atoms with Crippen LogP contribution >= 0.6 is 0 Å². The monoisotopic (exact) mass is 214 g/mol. The summed E-state index contributed by atoms with van der Waals surface area (Å²) in [6, 6.07) is 0.271. The van der Waals surface area contributed by atoms with Crippen molar-refractivity contribution in [3.05, 3.63) is 0 Å². The zero-order valence-corrected chi connectivity index (χ0v) is 8.99. The number of ether oxygens (including phenoxy) is 2. The quantitative estimate of drug-likeness (QED) is 0.650. The van der Waals surface area contributed by atoms with Crippen LogP contribution in [0.5, 0.6) is 0 Å². The summed E-state index contributed by atoms with van der Waals surface area (Å²) < 4.78 is 10.5. The van der Waals surface area contributed by atoms with E-state index in [1.54, 1.807) is 7.11 Å². The maximum atomic E-state index is 11.7. The Morgan fingerprint density at radius 3 is 2.93 bits per heavy atom. The van der Waals surface area contributed by atoms with Crippen LogP contribution in [0.2, 0.25) is 0 Å². The van der Waals surface area contributed by atoms with Crippen LogP contribution in [0.25, 0.3) is 0 Å². The van der Waals surface area contributed by atoms with E-state index in [9.17, 15) is 4.79 Å². The zero-order chi connectivity index (χ0) is 10.7. The van der Waals surface area contributed by atoms with Crippen LogP contribution in [0.15, 0.2) is 0 Å². The fourth-order valence-corrected chi connectivity index (χ4v) is 1.90. The van der Waals surface area contributed by atoms with Crippen molar-refractivity contribution in [3.8, 4) is 0 Å². The van der Waals surface area contributed by atoms with Gasteiger partial charge in [-0.25, -0.2) is 0 Å². The number of hydrogen-bond acceptors (Lipinski definition) is 4. The van der Waals surface area contributed by atoms with Gasteiger partial charge in [-0.15, -0.1) is 0 Å². The third-order valence-electron chi connectivity index (χ3n) is 2.99. The lowest BCUT2D eigenvalue weighted by atomic mass is 9.89. The Balaban J connectivity index is 1.68.